The van der Waals surface area contributed by atoms with E-state index in [-0.39, 0.29) is 6.10 Å². The minimum atomic E-state index is -0.663. The molecule has 33 heavy (non-hydrogen) atoms. The van der Waals surface area contributed by atoms with Gasteiger partial charge in [0.15, 0.2) is 0 Å². The first-order chi connectivity index (χ1) is 16.2. The second-order valence-electron chi connectivity index (χ2n) is 8.24. The smallest absolute Gasteiger partial charge is 0.113 e. The summed E-state index contributed by atoms with van der Waals surface area (Å²) < 4.78 is 19.1. The van der Waals surface area contributed by atoms with Crippen LogP contribution in [0.3, 0.4) is 0 Å². The van der Waals surface area contributed by atoms with Gasteiger partial charge in [-0.15, -0.1) is 0 Å². The Labute approximate surface area is 198 Å². The van der Waals surface area contributed by atoms with Crippen LogP contribution in [0.1, 0.15) is 43.4 Å². The lowest BCUT2D eigenvalue weighted by Crippen LogP contribution is -2.48. The Morgan fingerprint density at radius 1 is 0.545 bits per heavy atom. The van der Waals surface area contributed by atoms with Crippen molar-refractivity contribution in [2.45, 2.75) is 70.9 Å². The summed E-state index contributed by atoms with van der Waals surface area (Å²) >= 11 is 0. The van der Waals surface area contributed by atoms with Crippen molar-refractivity contribution in [3.8, 4) is 0 Å². The molecule has 4 heteroatoms. The van der Waals surface area contributed by atoms with Gasteiger partial charge in [-0.05, 0) is 29.5 Å². The van der Waals surface area contributed by atoms with Gasteiger partial charge >= 0.3 is 0 Å². The summed E-state index contributed by atoms with van der Waals surface area (Å²) in [6.45, 7) is 5.37. The van der Waals surface area contributed by atoms with Gasteiger partial charge in [0.25, 0.3) is 0 Å². The summed E-state index contributed by atoms with van der Waals surface area (Å²) in [7, 11) is 0. The first-order valence-electron chi connectivity index (χ1n) is 11.9. The first kappa shape index (κ1) is 25.1. The Morgan fingerprint density at radius 2 is 0.939 bits per heavy atom. The quantitative estimate of drug-likeness (QED) is 0.332. The molecule has 1 unspecified atom stereocenters. The fraction of sp³-hybridized carbons (Fsp3) is 0.379. The van der Waals surface area contributed by atoms with Gasteiger partial charge in [-0.1, -0.05) is 105 Å². The molecule has 0 spiro atoms. The Morgan fingerprint density at radius 3 is 1.33 bits per heavy atom. The van der Waals surface area contributed by atoms with Gasteiger partial charge in [-0.2, -0.15) is 0 Å². The highest BCUT2D eigenvalue weighted by atomic mass is 16.6. The Balaban J connectivity index is 1.78. The normalized spacial score (nSPS) is 15.0. The summed E-state index contributed by atoms with van der Waals surface area (Å²) in [5.74, 6) is 0. The summed E-state index contributed by atoms with van der Waals surface area (Å²) in [5.41, 5.74) is 3.25. The van der Waals surface area contributed by atoms with Crippen LogP contribution in [0.4, 0.5) is 0 Å². The number of rotatable bonds is 14. The SMILES string of the molecule is CCC(O)[C@H](OCc1ccccc1)[C@H](OCc1ccccc1)[C@@H](CC)OCc1ccccc1. The monoisotopic (exact) mass is 448 g/mol. The van der Waals surface area contributed by atoms with Crippen molar-refractivity contribution >= 4 is 0 Å². The number of ether oxygens (including phenoxy) is 3. The van der Waals surface area contributed by atoms with Gasteiger partial charge in [0.2, 0.25) is 0 Å². The largest absolute Gasteiger partial charge is 0.390 e. The maximum Gasteiger partial charge on any atom is 0.113 e. The minimum Gasteiger partial charge on any atom is -0.390 e. The molecular formula is C29H36O4. The molecule has 4 nitrogen and oxygen atoms in total. The molecular weight excluding hydrogens is 412 g/mol. The van der Waals surface area contributed by atoms with Crippen LogP contribution in [0.15, 0.2) is 91.0 Å². The molecule has 0 fully saturated rings. The maximum atomic E-state index is 10.9. The van der Waals surface area contributed by atoms with Crippen molar-refractivity contribution < 1.29 is 19.3 Å². The summed E-state index contributed by atoms with van der Waals surface area (Å²) in [6.07, 6.45) is -0.509. The van der Waals surface area contributed by atoms with E-state index in [0.717, 1.165) is 23.1 Å². The topological polar surface area (TPSA) is 47.9 Å². The third-order valence-corrected chi connectivity index (χ3v) is 5.77. The molecule has 0 aromatic heterocycles. The lowest BCUT2D eigenvalue weighted by atomic mass is 9.98. The molecule has 3 aromatic carbocycles. The predicted molar refractivity (Wildman–Crippen MR) is 132 cm³/mol. The third-order valence-electron chi connectivity index (χ3n) is 5.77. The second kappa shape index (κ2) is 13.9. The Bertz CT molecular complexity index is 885. The van der Waals surface area contributed by atoms with E-state index in [2.05, 4.69) is 19.1 Å². The molecule has 3 aromatic rings. The molecule has 3 rings (SSSR count). The molecule has 1 N–H and O–H groups in total. The maximum absolute atomic E-state index is 10.9. The highest BCUT2D eigenvalue weighted by Gasteiger charge is 2.35. The van der Waals surface area contributed by atoms with Gasteiger partial charge < -0.3 is 19.3 Å². The van der Waals surface area contributed by atoms with Crippen LogP contribution in [0.5, 0.6) is 0 Å². The molecule has 0 aliphatic heterocycles. The van der Waals surface area contributed by atoms with E-state index in [1.807, 2.05) is 85.8 Å². The fourth-order valence-electron chi connectivity index (χ4n) is 3.83. The molecule has 0 bridgehead atoms. The summed E-state index contributed by atoms with van der Waals surface area (Å²) in [6, 6.07) is 30.2. The van der Waals surface area contributed by atoms with E-state index in [4.69, 9.17) is 14.2 Å². The predicted octanol–water partition coefficient (Wildman–Crippen LogP) is 5.92. The zero-order chi connectivity index (χ0) is 23.3. The van der Waals surface area contributed by atoms with Gasteiger partial charge in [0.1, 0.15) is 12.2 Å². The average Bonchev–Trinajstić information content (AvgIpc) is 2.88. The van der Waals surface area contributed by atoms with E-state index < -0.39 is 18.3 Å². The zero-order valence-electron chi connectivity index (χ0n) is 19.7. The van der Waals surface area contributed by atoms with E-state index in [1.54, 1.807) is 0 Å². The van der Waals surface area contributed by atoms with Crippen LogP contribution in [0.25, 0.3) is 0 Å². The third kappa shape index (κ3) is 8.09. The number of benzene rings is 3. The van der Waals surface area contributed by atoms with E-state index in [0.29, 0.717) is 26.2 Å². The molecule has 0 saturated heterocycles. The van der Waals surface area contributed by atoms with Crippen LogP contribution >= 0.6 is 0 Å². The van der Waals surface area contributed by atoms with Crippen molar-refractivity contribution in [1.82, 2.24) is 0 Å². The minimum absolute atomic E-state index is 0.226. The van der Waals surface area contributed by atoms with Crippen molar-refractivity contribution in [2.24, 2.45) is 0 Å². The second-order valence-corrected chi connectivity index (χ2v) is 8.24. The molecule has 4 atom stereocenters. The van der Waals surface area contributed by atoms with Crippen LogP contribution in [-0.4, -0.2) is 29.5 Å². The number of aliphatic hydroxyl groups excluding tert-OH is 1. The summed E-state index contributed by atoms with van der Waals surface area (Å²) in [4.78, 5) is 0. The van der Waals surface area contributed by atoms with E-state index >= 15 is 0 Å². The van der Waals surface area contributed by atoms with Crippen molar-refractivity contribution in [3.63, 3.8) is 0 Å². The highest BCUT2D eigenvalue weighted by Crippen LogP contribution is 2.23. The van der Waals surface area contributed by atoms with Gasteiger partial charge in [0, 0.05) is 0 Å². The van der Waals surface area contributed by atoms with Crippen LogP contribution in [-0.2, 0) is 34.0 Å². The molecule has 0 aliphatic carbocycles. The number of hydrogen-bond acceptors (Lipinski definition) is 4. The van der Waals surface area contributed by atoms with Crippen molar-refractivity contribution in [2.75, 3.05) is 0 Å². The molecule has 0 heterocycles. The van der Waals surface area contributed by atoms with Gasteiger partial charge in [-0.25, -0.2) is 0 Å². The zero-order valence-corrected chi connectivity index (χ0v) is 19.7. The van der Waals surface area contributed by atoms with Gasteiger partial charge in [0.05, 0.1) is 32.0 Å². The number of hydrogen-bond donors (Lipinski definition) is 1. The van der Waals surface area contributed by atoms with Crippen molar-refractivity contribution in [1.29, 1.82) is 0 Å². The standard InChI is InChI=1S/C29H36O4/c1-3-26(30)28(32-21-24-16-10-6-11-17-24)29(33-22-25-18-12-7-13-19-25)27(4-2)31-20-23-14-8-5-9-15-23/h5-19,26-30H,3-4,20-22H2,1-2H3/t26?,27-,28+,29-/m1/s1. The van der Waals surface area contributed by atoms with Crippen LogP contribution in [0.2, 0.25) is 0 Å². The fourth-order valence-corrected chi connectivity index (χ4v) is 3.83. The highest BCUT2D eigenvalue weighted by molar-refractivity contribution is 5.15. The number of aliphatic hydroxyl groups is 1. The van der Waals surface area contributed by atoms with E-state index in [9.17, 15) is 5.11 Å². The van der Waals surface area contributed by atoms with Crippen LogP contribution < -0.4 is 0 Å². The van der Waals surface area contributed by atoms with Crippen LogP contribution in [0, 0.1) is 0 Å². The Hall–Kier alpha value is -2.50. The molecule has 176 valence electrons. The average molecular weight is 449 g/mol. The summed E-state index contributed by atoms with van der Waals surface area (Å²) in [5, 5.41) is 10.9. The molecule has 0 saturated carbocycles. The molecule has 0 aliphatic rings. The first-order valence-corrected chi connectivity index (χ1v) is 11.9. The molecule has 0 amide bonds. The van der Waals surface area contributed by atoms with Gasteiger partial charge in [-0.3, -0.25) is 0 Å². The van der Waals surface area contributed by atoms with Crippen molar-refractivity contribution in [3.05, 3.63) is 108 Å². The lowest BCUT2D eigenvalue weighted by molar-refractivity contribution is -0.180. The molecule has 0 radical (unpaired) electrons. The Kier molecular flexibility index (Phi) is 10.6. The lowest BCUT2D eigenvalue weighted by Gasteiger charge is -2.35. The van der Waals surface area contributed by atoms with E-state index in [1.165, 1.54) is 0 Å².